The number of anilines is 1. The van der Waals surface area contributed by atoms with Crippen molar-refractivity contribution in [2.24, 2.45) is 5.73 Å². The van der Waals surface area contributed by atoms with Crippen molar-refractivity contribution in [2.75, 3.05) is 5.32 Å². The van der Waals surface area contributed by atoms with E-state index in [9.17, 15) is 14.4 Å². The van der Waals surface area contributed by atoms with Gasteiger partial charge in [0.2, 0.25) is 11.8 Å². The summed E-state index contributed by atoms with van der Waals surface area (Å²) in [7, 11) is 0. The molecule has 2 aliphatic rings. The van der Waals surface area contributed by atoms with Crippen molar-refractivity contribution in [3.63, 3.8) is 0 Å². The van der Waals surface area contributed by atoms with Crippen molar-refractivity contribution in [1.29, 1.82) is 0 Å². The molecule has 0 radical (unpaired) electrons. The number of amides is 3. The molecule has 4 N–H and O–H groups in total. The molecule has 7 nitrogen and oxygen atoms in total. The molecule has 0 spiro atoms. The highest BCUT2D eigenvalue weighted by Crippen LogP contribution is 2.28. The maximum absolute atomic E-state index is 12.7. The van der Waals surface area contributed by atoms with Crippen LogP contribution in [0.2, 0.25) is 0 Å². The Bertz CT molecular complexity index is 969. The minimum Gasteiger partial charge on any atom is -0.381 e. The number of carbonyl (C=O) groups is 3. The average Bonchev–Trinajstić information content (AvgIpc) is 3.02. The zero-order valence-electron chi connectivity index (χ0n) is 16.3. The molecule has 7 heteroatoms. The van der Waals surface area contributed by atoms with Crippen LogP contribution in [0.25, 0.3) is 0 Å². The van der Waals surface area contributed by atoms with Crippen molar-refractivity contribution in [3.05, 3.63) is 64.7 Å². The summed E-state index contributed by atoms with van der Waals surface area (Å²) >= 11 is 0. The van der Waals surface area contributed by atoms with Gasteiger partial charge in [0.1, 0.15) is 6.04 Å². The van der Waals surface area contributed by atoms with E-state index in [2.05, 4.69) is 10.6 Å². The number of nitrogens with zero attached hydrogens (tertiary/aromatic N) is 1. The lowest BCUT2D eigenvalue weighted by molar-refractivity contribution is -0.136. The second kappa shape index (κ2) is 7.67. The standard InChI is InChI=1S/C22H24N4O3/c1-13(23)15-3-5-17(6-4-15)24-11-14-2-7-18-16(10-14)12-26(22(18)29)19-8-9-20(27)25-21(19)28/h2-7,10,13,19,24H,8-9,11-12,23H2,1H3,(H,25,27,28)/t13-,19?/m0/s1. The van der Waals surface area contributed by atoms with Crippen molar-refractivity contribution >= 4 is 23.4 Å². The van der Waals surface area contributed by atoms with E-state index < -0.39 is 6.04 Å². The van der Waals surface area contributed by atoms with Gasteiger partial charge in [-0.3, -0.25) is 19.7 Å². The van der Waals surface area contributed by atoms with Crippen LogP contribution in [-0.2, 0) is 22.7 Å². The third-order valence-electron chi connectivity index (χ3n) is 5.52. The third-order valence-corrected chi connectivity index (χ3v) is 5.52. The Morgan fingerprint density at radius 3 is 2.62 bits per heavy atom. The highest BCUT2D eigenvalue weighted by Gasteiger charge is 2.38. The summed E-state index contributed by atoms with van der Waals surface area (Å²) < 4.78 is 0. The fraction of sp³-hybridized carbons (Fsp3) is 0.318. The number of piperidine rings is 1. The van der Waals surface area contributed by atoms with E-state index in [1.807, 2.05) is 49.4 Å². The van der Waals surface area contributed by atoms with E-state index in [0.717, 1.165) is 22.4 Å². The minimum atomic E-state index is -0.586. The summed E-state index contributed by atoms with van der Waals surface area (Å²) in [6.45, 7) is 2.96. The maximum Gasteiger partial charge on any atom is 0.255 e. The molecule has 1 unspecified atom stereocenters. The fourth-order valence-electron chi connectivity index (χ4n) is 3.85. The topological polar surface area (TPSA) is 105 Å². The molecule has 0 aliphatic carbocycles. The van der Waals surface area contributed by atoms with Crippen LogP contribution in [0.15, 0.2) is 42.5 Å². The number of hydrogen-bond acceptors (Lipinski definition) is 5. The smallest absolute Gasteiger partial charge is 0.255 e. The summed E-state index contributed by atoms with van der Waals surface area (Å²) in [6, 6.07) is 13.2. The number of benzene rings is 2. The lowest BCUT2D eigenvalue weighted by Crippen LogP contribution is -2.52. The van der Waals surface area contributed by atoms with Crippen LogP contribution >= 0.6 is 0 Å². The van der Waals surface area contributed by atoms with Crippen LogP contribution in [0.5, 0.6) is 0 Å². The molecule has 3 amide bonds. The number of carbonyl (C=O) groups excluding carboxylic acids is 3. The summed E-state index contributed by atoms with van der Waals surface area (Å²) in [5.74, 6) is -0.822. The molecule has 1 fully saturated rings. The number of imide groups is 1. The predicted molar refractivity (Wildman–Crippen MR) is 109 cm³/mol. The maximum atomic E-state index is 12.7. The van der Waals surface area contributed by atoms with Gasteiger partial charge in [0.05, 0.1) is 0 Å². The summed E-state index contributed by atoms with van der Waals surface area (Å²) in [4.78, 5) is 37.8. The second-order valence-corrected chi connectivity index (χ2v) is 7.66. The van der Waals surface area contributed by atoms with Crippen LogP contribution < -0.4 is 16.4 Å². The van der Waals surface area contributed by atoms with Crippen molar-refractivity contribution in [3.8, 4) is 0 Å². The number of nitrogens with two attached hydrogens (primary N) is 1. The highest BCUT2D eigenvalue weighted by molar-refractivity contribution is 6.05. The molecule has 1 saturated heterocycles. The van der Waals surface area contributed by atoms with Crippen molar-refractivity contribution < 1.29 is 14.4 Å². The first-order chi connectivity index (χ1) is 13.9. The molecule has 4 rings (SSSR count). The lowest BCUT2D eigenvalue weighted by Gasteiger charge is -2.29. The van der Waals surface area contributed by atoms with Gasteiger partial charge in [0.25, 0.3) is 5.91 Å². The van der Waals surface area contributed by atoms with E-state index in [-0.39, 0.29) is 30.2 Å². The van der Waals surface area contributed by atoms with Crippen LogP contribution in [0, 0.1) is 0 Å². The summed E-state index contributed by atoms with van der Waals surface area (Å²) in [5.41, 5.74) is 10.5. The Labute approximate surface area is 169 Å². The Balaban J connectivity index is 1.43. The normalized spacial score (nSPS) is 19.7. The second-order valence-electron chi connectivity index (χ2n) is 7.66. The predicted octanol–water partition coefficient (Wildman–Crippen LogP) is 2.08. The molecule has 29 heavy (non-hydrogen) atoms. The SMILES string of the molecule is C[C@H](N)c1ccc(NCc2ccc3c(c2)CN(C2CCC(=O)NC2=O)C3=O)cc1. The number of hydrogen-bond donors (Lipinski definition) is 3. The van der Waals surface area contributed by atoms with Gasteiger partial charge in [-0.1, -0.05) is 24.3 Å². The van der Waals surface area contributed by atoms with Crippen LogP contribution in [0.4, 0.5) is 5.69 Å². The fourth-order valence-corrected chi connectivity index (χ4v) is 3.85. The minimum absolute atomic E-state index is 0.00519. The first-order valence-electron chi connectivity index (χ1n) is 9.78. The Morgan fingerprint density at radius 2 is 1.93 bits per heavy atom. The van der Waals surface area contributed by atoms with E-state index in [1.54, 1.807) is 4.90 Å². The van der Waals surface area contributed by atoms with E-state index in [0.29, 0.717) is 25.1 Å². The molecule has 2 heterocycles. The van der Waals surface area contributed by atoms with E-state index in [4.69, 9.17) is 5.73 Å². The molecule has 2 atom stereocenters. The molecule has 0 saturated carbocycles. The van der Waals surface area contributed by atoms with Gasteiger partial charge in [-0.2, -0.15) is 0 Å². The van der Waals surface area contributed by atoms with Crippen LogP contribution in [0.3, 0.4) is 0 Å². The van der Waals surface area contributed by atoms with Gasteiger partial charge in [-0.05, 0) is 48.2 Å². The molecule has 2 aromatic rings. The number of nitrogens with one attached hydrogen (secondary N) is 2. The van der Waals surface area contributed by atoms with Crippen molar-refractivity contribution in [2.45, 2.75) is 44.9 Å². The van der Waals surface area contributed by atoms with Crippen molar-refractivity contribution in [1.82, 2.24) is 10.2 Å². The number of rotatable bonds is 5. The van der Waals surface area contributed by atoms with E-state index in [1.165, 1.54) is 0 Å². The molecule has 150 valence electrons. The van der Waals surface area contributed by atoms with Gasteiger partial charge < -0.3 is 16.0 Å². The molecule has 2 aliphatic heterocycles. The monoisotopic (exact) mass is 392 g/mol. The highest BCUT2D eigenvalue weighted by atomic mass is 16.2. The van der Waals surface area contributed by atoms with Gasteiger partial charge >= 0.3 is 0 Å². The lowest BCUT2D eigenvalue weighted by atomic mass is 10.0. The third kappa shape index (κ3) is 3.86. The number of fused-ring (bicyclic) bond motifs is 1. The van der Waals surface area contributed by atoms with Gasteiger partial charge in [-0.25, -0.2) is 0 Å². The van der Waals surface area contributed by atoms with Crippen LogP contribution in [0.1, 0.15) is 52.9 Å². The molecule has 0 bridgehead atoms. The van der Waals surface area contributed by atoms with Gasteiger partial charge in [0, 0.05) is 36.8 Å². The summed E-state index contributed by atoms with van der Waals surface area (Å²) in [5, 5.41) is 5.70. The molecular weight excluding hydrogens is 368 g/mol. The Morgan fingerprint density at radius 1 is 1.17 bits per heavy atom. The Kier molecular flexibility index (Phi) is 5.07. The zero-order chi connectivity index (χ0) is 20.5. The first kappa shape index (κ1) is 19.1. The molecule has 0 aromatic heterocycles. The average molecular weight is 392 g/mol. The van der Waals surface area contributed by atoms with Gasteiger partial charge in [0.15, 0.2) is 0 Å². The molecular formula is C22H24N4O3. The Hall–Kier alpha value is -3.19. The quantitative estimate of drug-likeness (QED) is 0.676. The molecule has 2 aromatic carbocycles. The van der Waals surface area contributed by atoms with Crippen LogP contribution in [-0.4, -0.2) is 28.7 Å². The van der Waals surface area contributed by atoms with Gasteiger partial charge in [-0.15, -0.1) is 0 Å². The first-order valence-corrected chi connectivity index (χ1v) is 9.78. The summed E-state index contributed by atoms with van der Waals surface area (Å²) in [6.07, 6.45) is 0.629. The largest absolute Gasteiger partial charge is 0.381 e. The zero-order valence-corrected chi connectivity index (χ0v) is 16.3. The van der Waals surface area contributed by atoms with E-state index >= 15 is 0 Å².